The molecular weight excluding hydrogens is 342 g/mol. The summed E-state index contributed by atoms with van der Waals surface area (Å²) < 4.78 is 38.3. The van der Waals surface area contributed by atoms with Crippen molar-refractivity contribution in [3.05, 3.63) is 51.7 Å². The fraction of sp³-hybridized carbons (Fsp3) is 0.0769. The molecule has 3 aromatic rings. The highest BCUT2D eigenvalue weighted by atomic mass is 35.5. The molecule has 0 aromatic carbocycles. The minimum absolute atomic E-state index is 0.0527. The van der Waals surface area contributed by atoms with Gasteiger partial charge in [0.1, 0.15) is 0 Å². The lowest BCUT2D eigenvalue weighted by Gasteiger charge is -2.10. The number of fused-ring (bicyclic) bond motifs is 1. The molecule has 4 nitrogen and oxygen atoms in total. The highest BCUT2D eigenvalue weighted by Crippen LogP contribution is 2.36. The first-order valence-electron chi connectivity index (χ1n) is 5.91. The lowest BCUT2D eigenvalue weighted by atomic mass is 10.1. The van der Waals surface area contributed by atoms with Gasteiger partial charge in [-0.2, -0.15) is 17.9 Å². The zero-order chi connectivity index (χ0) is 16.1. The van der Waals surface area contributed by atoms with Crippen molar-refractivity contribution in [3.8, 4) is 11.3 Å². The van der Waals surface area contributed by atoms with E-state index in [9.17, 15) is 18.4 Å². The molecule has 0 aliphatic carbocycles. The summed E-state index contributed by atoms with van der Waals surface area (Å²) in [7, 11) is 0. The van der Waals surface area contributed by atoms with Crippen molar-refractivity contribution in [2.75, 3.05) is 0 Å². The van der Waals surface area contributed by atoms with Crippen molar-refractivity contribution in [1.82, 2.24) is 9.97 Å². The van der Waals surface area contributed by atoms with E-state index in [4.69, 9.17) is 23.2 Å². The third kappa shape index (κ3) is 2.36. The van der Waals surface area contributed by atoms with Gasteiger partial charge in [0.05, 0.1) is 32.7 Å². The monoisotopic (exact) mass is 347 g/mol. The number of H-pyrrole nitrogens is 1. The van der Waals surface area contributed by atoms with Crippen LogP contribution in [0.1, 0.15) is 5.56 Å². The molecule has 0 aliphatic rings. The molecule has 3 aromatic heterocycles. The largest absolute Gasteiger partial charge is 0.618 e. The number of aromatic amines is 1. The highest BCUT2D eigenvalue weighted by molar-refractivity contribution is 6.35. The Morgan fingerprint density at radius 3 is 2.64 bits per heavy atom. The molecule has 114 valence electrons. The first-order chi connectivity index (χ1) is 10.3. The molecule has 0 fully saturated rings. The van der Waals surface area contributed by atoms with Crippen LogP contribution in [0.5, 0.6) is 0 Å². The number of aromatic nitrogens is 3. The molecule has 3 rings (SSSR count). The van der Waals surface area contributed by atoms with E-state index in [1.54, 1.807) is 12.3 Å². The molecule has 0 unspecified atom stereocenters. The van der Waals surface area contributed by atoms with Crippen LogP contribution in [0.2, 0.25) is 10.2 Å². The van der Waals surface area contributed by atoms with Gasteiger partial charge in [0.2, 0.25) is 0 Å². The summed E-state index contributed by atoms with van der Waals surface area (Å²) in [4.78, 5) is 6.62. The van der Waals surface area contributed by atoms with Crippen molar-refractivity contribution in [2.24, 2.45) is 0 Å². The van der Waals surface area contributed by atoms with E-state index in [0.717, 1.165) is 12.3 Å². The van der Waals surface area contributed by atoms with Gasteiger partial charge in [0, 0.05) is 12.4 Å². The lowest BCUT2D eigenvalue weighted by molar-refractivity contribution is -0.601. The molecule has 0 atom stereocenters. The van der Waals surface area contributed by atoms with Gasteiger partial charge in [-0.1, -0.05) is 11.6 Å². The van der Waals surface area contributed by atoms with E-state index in [2.05, 4.69) is 9.97 Å². The van der Waals surface area contributed by atoms with Crippen LogP contribution in [0, 0.1) is 5.21 Å². The molecular formula is C13H6Cl2F3N3O. The summed E-state index contributed by atoms with van der Waals surface area (Å²) in [5, 5.41) is 11.9. The summed E-state index contributed by atoms with van der Waals surface area (Å²) in [6, 6.07) is 2.34. The molecule has 0 aliphatic heterocycles. The van der Waals surface area contributed by atoms with Crippen LogP contribution >= 0.6 is 23.2 Å². The molecule has 0 saturated heterocycles. The van der Waals surface area contributed by atoms with Gasteiger partial charge in [-0.05, 0) is 23.7 Å². The van der Waals surface area contributed by atoms with Gasteiger partial charge in [-0.3, -0.25) is 4.98 Å². The Morgan fingerprint density at radius 1 is 1.27 bits per heavy atom. The second kappa shape index (κ2) is 5.03. The third-order valence-corrected chi connectivity index (χ3v) is 3.76. The quantitative estimate of drug-likeness (QED) is 0.407. The molecule has 0 radical (unpaired) electrons. The minimum Gasteiger partial charge on any atom is -0.618 e. The minimum atomic E-state index is -4.55. The number of hydrogen-bond donors (Lipinski definition) is 1. The van der Waals surface area contributed by atoms with Gasteiger partial charge in [0.25, 0.3) is 5.15 Å². The Balaban J connectivity index is 2.24. The van der Waals surface area contributed by atoms with E-state index in [0.29, 0.717) is 21.8 Å². The van der Waals surface area contributed by atoms with E-state index >= 15 is 0 Å². The van der Waals surface area contributed by atoms with Crippen LogP contribution in [0.4, 0.5) is 13.2 Å². The Morgan fingerprint density at radius 2 is 2.00 bits per heavy atom. The second-order valence-electron chi connectivity index (χ2n) is 4.48. The maximum atomic E-state index is 12.6. The average molecular weight is 348 g/mol. The molecule has 9 heteroatoms. The summed E-state index contributed by atoms with van der Waals surface area (Å²) in [5.74, 6) is 0. The van der Waals surface area contributed by atoms with E-state index < -0.39 is 11.7 Å². The fourth-order valence-electron chi connectivity index (χ4n) is 2.09. The number of rotatable bonds is 1. The van der Waals surface area contributed by atoms with Crippen LogP contribution in [0.3, 0.4) is 0 Å². The van der Waals surface area contributed by atoms with Crippen molar-refractivity contribution >= 4 is 34.1 Å². The fourth-order valence-corrected chi connectivity index (χ4v) is 2.57. The van der Waals surface area contributed by atoms with Gasteiger partial charge in [0.15, 0.2) is 6.20 Å². The Labute approximate surface area is 131 Å². The lowest BCUT2D eigenvalue weighted by Crippen LogP contribution is -2.27. The van der Waals surface area contributed by atoms with E-state index in [-0.39, 0.29) is 21.4 Å². The van der Waals surface area contributed by atoms with Crippen LogP contribution in [-0.2, 0) is 6.18 Å². The number of alkyl halides is 3. The number of pyridine rings is 2. The maximum Gasteiger partial charge on any atom is 0.417 e. The number of hydrogen-bond acceptors (Lipinski definition) is 2. The highest BCUT2D eigenvalue weighted by Gasteiger charge is 2.32. The molecule has 0 amide bonds. The molecule has 1 N–H and O–H groups in total. The standard InChI is InChI=1S/C13H6Cl2F3N3O/c14-9-3-6(13(16,17)18)4-20-11(9)8-5-21(22)12(15)7-1-2-19-10(7)8/h1-5,19H. The first-order valence-corrected chi connectivity index (χ1v) is 6.66. The summed E-state index contributed by atoms with van der Waals surface area (Å²) in [6.45, 7) is 0. The van der Waals surface area contributed by atoms with Crippen molar-refractivity contribution in [1.29, 1.82) is 0 Å². The molecule has 22 heavy (non-hydrogen) atoms. The molecule has 3 heterocycles. The maximum absolute atomic E-state index is 12.6. The third-order valence-electron chi connectivity index (χ3n) is 3.10. The smallest absolute Gasteiger partial charge is 0.417 e. The summed E-state index contributed by atoms with van der Waals surface area (Å²) in [5.41, 5.74) is -0.180. The topological polar surface area (TPSA) is 55.6 Å². The molecule has 0 spiro atoms. The number of halogens is 5. The Bertz CT molecular complexity index is 877. The van der Waals surface area contributed by atoms with Crippen molar-refractivity contribution in [3.63, 3.8) is 0 Å². The van der Waals surface area contributed by atoms with Gasteiger partial charge in [-0.15, -0.1) is 0 Å². The number of nitrogens with zero attached hydrogens (tertiary/aromatic N) is 2. The van der Waals surface area contributed by atoms with Gasteiger partial charge >= 0.3 is 6.18 Å². The summed E-state index contributed by atoms with van der Waals surface area (Å²) >= 11 is 11.8. The van der Waals surface area contributed by atoms with Crippen LogP contribution in [0.15, 0.2) is 30.7 Å². The second-order valence-corrected chi connectivity index (χ2v) is 5.24. The van der Waals surface area contributed by atoms with Crippen molar-refractivity contribution in [2.45, 2.75) is 6.18 Å². The van der Waals surface area contributed by atoms with E-state index in [1.165, 1.54) is 0 Å². The molecule has 0 saturated carbocycles. The van der Waals surface area contributed by atoms with Gasteiger partial charge in [-0.25, -0.2) is 0 Å². The number of nitrogens with one attached hydrogen (secondary N) is 1. The van der Waals surface area contributed by atoms with Crippen LogP contribution in [0.25, 0.3) is 22.2 Å². The summed E-state index contributed by atoms with van der Waals surface area (Å²) in [6.07, 6.45) is -1.21. The zero-order valence-electron chi connectivity index (χ0n) is 10.6. The van der Waals surface area contributed by atoms with Crippen molar-refractivity contribution < 1.29 is 17.9 Å². The average Bonchev–Trinajstić information content (AvgIpc) is 2.92. The first kappa shape index (κ1) is 14.9. The molecule has 0 bridgehead atoms. The normalized spacial score (nSPS) is 12.0. The van der Waals surface area contributed by atoms with Crippen LogP contribution < -0.4 is 4.73 Å². The predicted octanol–water partition coefficient (Wildman–Crippen LogP) is 4.19. The predicted molar refractivity (Wildman–Crippen MR) is 75.5 cm³/mol. The zero-order valence-corrected chi connectivity index (χ0v) is 12.1. The van der Waals surface area contributed by atoms with E-state index in [1.807, 2.05) is 0 Å². The van der Waals surface area contributed by atoms with Gasteiger partial charge < -0.3 is 10.2 Å². The Hall–Kier alpha value is -1.99. The van der Waals surface area contributed by atoms with Crippen LogP contribution in [-0.4, -0.2) is 9.97 Å². The SMILES string of the molecule is [O-][n+]1cc(-c2ncc(C(F)(F)F)cc2Cl)c2[nH]ccc2c1Cl. The Kier molecular flexibility index (Phi) is 3.41.